The molecule has 0 radical (unpaired) electrons. The van der Waals surface area contributed by atoms with E-state index < -0.39 is 0 Å². The number of thiocarbonyl (C=S) groups is 1. The molecule has 1 aliphatic carbocycles. The second-order valence-corrected chi connectivity index (χ2v) is 8.05. The van der Waals surface area contributed by atoms with Crippen molar-refractivity contribution >= 4 is 23.0 Å². The maximum absolute atomic E-state index is 5.77. The lowest BCUT2D eigenvalue weighted by molar-refractivity contribution is 0.515. The molecule has 5 rings (SSSR count). The minimum atomic E-state index is 0.0216. The van der Waals surface area contributed by atoms with Crippen LogP contribution in [-0.2, 0) is 0 Å². The summed E-state index contributed by atoms with van der Waals surface area (Å²) in [7, 11) is 0. The molecule has 1 N–H and O–H groups in total. The lowest BCUT2D eigenvalue weighted by Gasteiger charge is -2.27. The summed E-state index contributed by atoms with van der Waals surface area (Å²) >= 11 is 5.77. The molecule has 0 spiro atoms. The van der Waals surface area contributed by atoms with Crippen molar-refractivity contribution in [2.45, 2.75) is 43.8 Å². The fourth-order valence-corrected chi connectivity index (χ4v) is 4.94. The Kier molecular flexibility index (Phi) is 4.61. The van der Waals surface area contributed by atoms with Crippen molar-refractivity contribution in [3.8, 4) is 0 Å². The first kappa shape index (κ1) is 17.4. The van der Waals surface area contributed by atoms with E-state index in [1.54, 1.807) is 0 Å². The molecule has 2 aliphatic rings. The first-order valence-corrected chi connectivity index (χ1v) is 10.5. The second kappa shape index (κ2) is 7.40. The SMILES string of the molecule is S=C1N[C@H](c2ccccn2)[C@@H](c2ccn(C3CCCC3)c2)N1c1ccccc1. The van der Waals surface area contributed by atoms with Crippen molar-refractivity contribution in [3.05, 3.63) is 84.4 Å². The van der Waals surface area contributed by atoms with Gasteiger partial charge in [-0.1, -0.05) is 37.1 Å². The van der Waals surface area contributed by atoms with Crippen LogP contribution in [0.25, 0.3) is 0 Å². The topological polar surface area (TPSA) is 33.1 Å². The molecule has 2 atom stereocenters. The highest BCUT2D eigenvalue weighted by molar-refractivity contribution is 7.80. The van der Waals surface area contributed by atoms with E-state index in [1.165, 1.54) is 31.2 Å². The zero-order valence-electron chi connectivity index (χ0n) is 15.7. The molecule has 4 nitrogen and oxygen atoms in total. The van der Waals surface area contributed by atoms with Crippen molar-refractivity contribution in [2.75, 3.05) is 4.90 Å². The summed E-state index contributed by atoms with van der Waals surface area (Å²) in [4.78, 5) is 6.87. The van der Waals surface area contributed by atoms with E-state index in [4.69, 9.17) is 12.2 Å². The fourth-order valence-electron chi connectivity index (χ4n) is 4.60. The third kappa shape index (κ3) is 3.10. The predicted octanol–water partition coefficient (Wildman–Crippen LogP) is 5.18. The van der Waals surface area contributed by atoms with E-state index in [0.29, 0.717) is 6.04 Å². The Hall–Kier alpha value is -2.66. The second-order valence-electron chi connectivity index (χ2n) is 7.66. The van der Waals surface area contributed by atoms with Gasteiger partial charge >= 0.3 is 0 Å². The molecule has 0 bridgehead atoms. The Morgan fingerprint density at radius 1 is 0.964 bits per heavy atom. The van der Waals surface area contributed by atoms with Crippen LogP contribution in [0, 0.1) is 0 Å². The third-order valence-corrected chi connectivity index (χ3v) is 6.27. The third-order valence-electron chi connectivity index (χ3n) is 5.96. The summed E-state index contributed by atoms with van der Waals surface area (Å²) in [6, 6.07) is 19.5. The number of anilines is 1. The molecule has 28 heavy (non-hydrogen) atoms. The summed E-state index contributed by atoms with van der Waals surface area (Å²) < 4.78 is 2.41. The number of aromatic nitrogens is 2. The van der Waals surface area contributed by atoms with Gasteiger partial charge in [-0.05, 0) is 61.0 Å². The van der Waals surface area contributed by atoms with Crippen LogP contribution in [0.15, 0.2) is 73.2 Å². The molecular weight excluding hydrogens is 364 g/mol. The van der Waals surface area contributed by atoms with Gasteiger partial charge in [-0.15, -0.1) is 0 Å². The number of para-hydroxylation sites is 1. The minimum Gasteiger partial charge on any atom is -0.351 e. The van der Waals surface area contributed by atoms with Crippen molar-refractivity contribution in [3.63, 3.8) is 0 Å². The number of rotatable bonds is 4. The average molecular weight is 389 g/mol. The van der Waals surface area contributed by atoms with E-state index in [9.17, 15) is 0 Å². The van der Waals surface area contributed by atoms with Gasteiger partial charge < -0.3 is 14.8 Å². The number of nitrogens with one attached hydrogen (secondary N) is 1. The molecule has 1 saturated carbocycles. The van der Waals surface area contributed by atoms with Crippen LogP contribution in [0.2, 0.25) is 0 Å². The van der Waals surface area contributed by atoms with Gasteiger partial charge in [0.15, 0.2) is 5.11 Å². The molecule has 5 heteroatoms. The fraction of sp³-hybridized carbons (Fsp3) is 0.304. The highest BCUT2D eigenvalue weighted by atomic mass is 32.1. The standard InChI is InChI=1S/C23H24N4S/c28-23-25-21(20-12-6-7-14-24-20)22(27(23)19-10-2-1-3-11-19)17-13-15-26(16-17)18-8-4-5-9-18/h1-3,6-7,10-16,18,21-22H,4-5,8-9H2,(H,25,28)/t21-,22-/m1/s1. The molecule has 2 aromatic heterocycles. The smallest absolute Gasteiger partial charge is 0.174 e. The first-order chi connectivity index (χ1) is 13.8. The molecule has 142 valence electrons. The molecule has 1 saturated heterocycles. The summed E-state index contributed by atoms with van der Waals surface area (Å²) in [6.45, 7) is 0. The summed E-state index contributed by atoms with van der Waals surface area (Å²) in [5.74, 6) is 0. The molecule has 1 aliphatic heterocycles. The quantitative estimate of drug-likeness (QED) is 0.625. The zero-order valence-corrected chi connectivity index (χ0v) is 16.6. The first-order valence-electron chi connectivity index (χ1n) is 10.0. The Morgan fingerprint density at radius 3 is 2.50 bits per heavy atom. The van der Waals surface area contributed by atoms with Gasteiger partial charge in [0.05, 0.1) is 17.8 Å². The molecular formula is C23H24N4S. The lowest BCUT2D eigenvalue weighted by Crippen LogP contribution is -2.29. The number of hydrogen-bond donors (Lipinski definition) is 1. The Balaban J connectivity index is 1.57. The van der Waals surface area contributed by atoms with Gasteiger partial charge in [-0.25, -0.2) is 0 Å². The van der Waals surface area contributed by atoms with E-state index >= 15 is 0 Å². The summed E-state index contributed by atoms with van der Waals surface area (Å²) in [5, 5.41) is 4.28. The van der Waals surface area contributed by atoms with E-state index in [0.717, 1.165) is 16.5 Å². The largest absolute Gasteiger partial charge is 0.351 e. The summed E-state index contributed by atoms with van der Waals surface area (Å²) in [5.41, 5.74) is 3.40. The molecule has 1 aromatic carbocycles. The zero-order chi connectivity index (χ0) is 18.9. The average Bonchev–Trinajstić information content (AvgIpc) is 3.48. The molecule has 0 amide bonds. The highest BCUT2D eigenvalue weighted by Crippen LogP contribution is 2.42. The maximum atomic E-state index is 5.77. The van der Waals surface area contributed by atoms with Crippen molar-refractivity contribution in [2.24, 2.45) is 0 Å². The summed E-state index contributed by atoms with van der Waals surface area (Å²) in [6.07, 6.45) is 11.6. The van der Waals surface area contributed by atoms with Crippen LogP contribution in [0.4, 0.5) is 5.69 Å². The van der Waals surface area contributed by atoms with Crippen molar-refractivity contribution < 1.29 is 0 Å². The Bertz CT molecular complexity index is 947. The minimum absolute atomic E-state index is 0.0216. The van der Waals surface area contributed by atoms with Gasteiger partial charge in [-0.2, -0.15) is 0 Å². The van der Waals surface area contributed by atoms with Crippen LogP contribution >= 0.6 is 12.2 Å². The van der Waals surface area contributed by atoms with Gasteiger partial charge in [0.2, 0.25) is 0 Å². The van der Waals surface area contributed by atoms with Crippen molar-refractivity contribution in [1.82, 2.24) is 14.9 Å². The predicted molar refractivity (Wildman–Crippen MR) is 116 cm³/mol. The molecule has 3 heterocycles. The normalized spacial score (nSPS) is 22.6. The van der Waals surface area contributed by atoms with E-state index in [1.807, 2.05) is 24.4 Å². The highest BCUT2D eigenvalue weighted by Gasteiger charge is 2.41. The van der Waals surface area contributed by atoms with Crippen LogP contribution in [-0.4, -0.2) is 14.7 Å². The van der Waals surface area contributed by atoms with E-state index in [-0.39, 0.29) is 12.1 Å². The molecule has 3 aromatic rings. The molecule has 2 fully saturated rings. The van der Waals surface area contributed by atoms with Gasteiger partial charge in [0.1, 0.15) is 0 Å². The Morgan fingerprint density at radius 2 is 1.75 bits per heavy atom. The van der Waals surface area contributed by atoms with Gasteiger partial charge in [0, 0.05) is 30.3 Å². The monoisotopic (exact) mass is 388 g/mol. The van der Waals surface area contributed by atoms with Crippen LogP contribution in [0.1, 0.15) is 55.1 Å². The molecule has 0 unspecified atom stereocenters. The van der Waals surface area contributed by atoms with Gasteiger partial charge in [-0.3, -0.25) is 4.98 Å². The number of pyridine rings is 1. The van der Waals surface area contributed by atoms with Crippen LogP contribution in [0.5, 0.6) is 0 Å². The number of nitrogens with zero attached hydrogens (tertiary/aromatic N) is 3. The Labute approximate surface area is 171 Å². The number of benzene rings is 1. The maximum Gasteiger partial charge on any atom is 0.174 e. The van der Waals surface area contributed by atoms with Crippen molar-refractivity contribution in [1.29, 1.82) is 0 Å². The van der Waals surface area contributed by atoms with Gasteiger partial charge in [0.25, 0.3) is 0 Å². The van der Waals surface area contributed by atoms with Crippen LogP contribution in [0.3, 0.4) is 0 Å². The number of hydrogen-bond acceptors (Lipinski definition) is 2. The van der Waals surface area contributed by atoms with Crippen LogP contribution < -0.4 is 10.2 Å². The lowest BCUT2D eigenvalue weighted by atomic mass is 9.98. The van der Waals surface area contributed by atoms with E-state index in [2.05, 4.69) is 68.6 Å².